The number of phenols is 1. The molecule has 4 aromatic rings. The SMILES string of the molecule is CCc1cc(Cl)cc(S(=O)(=O)O)c1N=Nc1c(O)c(C(=O)Nc2cc(Cl)ccc2OC)cc2ccccc12. The van der Waals surface area contributed by atoms with E-state index >= 15 is 0 Å². The van der Waals surface area contributed by atoms with Crippen molar-refractivity contribution in [1.29, 1.82) is 0 Å². The fourth-order valence-corrected chi connectivity index (χ4v) is 5.04. The molecule has 0 fully saturated rings. The van der Waals surface area contributed by atoms with Gasteiger partial charge in [-0.3, -0.25) is 9.35 Å². The van der Waals surface area contributed by atoms with Gasteiger partial charge in [0, 0.05) is 15.4 Å². The fourth-order valence-electron chi connectivity index (χ4n) is 3.87. The van der Waals surface area contributed by atoms with Crippen molar-refractivity contribution in [2.75, 3.05) is 12.4 Å². The van der Waals surface area contributed by atoms with Gasteiger partial charge in [0.25, 0.3) is 16.0 Å². The van der Waals surface area contributed by atoms with Crippen LogP contribution in [-0.2, 0) is 16.5 Å². The van der Waals surface area contributed by atoms with Gasteiger partial charge in [0.15, 0.2) is 5.75 Å². The highest BCUT2D eigenvalue weighted by atomic mass is 35.5. The number of nitrogens with zero attached hydrogens (tertiary/aromatic N) is 2. The number of ether oxygens (including phenoxy) is 1. The molecule has 0 spiro atoms. The van der Waals surface area contributed by atoms with E-state index in [1.165, 1.54) is 25.3 Å². The van der Waals surface area contributed by atoms with Crippen molar-refractivity contribution < 1.29 is 27.6 Å². The Labute approximate surface area is 228 Å². The first-order valence-corrected chi connectivity index (χ1v) is 13.3. The van der Waals surface area contributed by atoms with Crippen LogP contribution in [0.5, 0.6) is 11.5 Å². The van der Waals surface area contributed by atoms with E-state index in [4.69, 9.17) is 27.9 Å². The minimum Gasteiger partial charge on any atom is -0.505 e. The summed E-state index contributed by atoms with van der Waals surface area (Å²) in [5.74, 6) is -0.813. The lowest BCUT2D eigenvalue weighted by molar-refractivity contribution is 0.102. The van der Waals surface area contributed by atoms with Crippen molar-refractivity contribution in [2.45, 2.75) is 18.2 Å². The Morgan fingerprint density at radius 2 is 1.71 bits per heavy atom. The zero-order chi connectivity index (χ0) is 27.6. The summed E-state index contributed by atoms with van der Waals surface area (Å²) in [6.07, 6.45) is 0.327. The number of azo groups is 1. The van der Waals surface area contributed by atoms with E-state index in [2.05, 4.69) is 15.5 Å². The summed E-state index contributed by atoms with van der Waals surface area (Å²) in [6.45, 7) is 1.75. The number of hydrogen-bond donors (Lipinski definition) is 3. The first-order valence-electron chi connectivity index (χ1n) is 11.1. The van der Waals surface area contributed by atoms with Gasteiger partial charge >= 0.3 is 0 Å². The van der Waals surface area contributed by atoms with E-state index < -0.39 is 26.7 Å². The van der Waals surface area contributed by atoms with E-state index in [1.54, 1.807) is 43.3 Å². The largest absolute Gasteiger partial charge is 0.505 e. The second-order valence-electron chi connectivity index (χ2n) is 8.08. The summed E-state index contributed by atoms with van der Waals surface area (Å²) in [5.41, 5.74) is 0.347. The van der Waals surface area contributed by atoms with Gasteiger partial charge in [-0.25, -0.2) is 0 Å². The molecule has 1 amide bonds. The van der Waals surface area contributed by atoms with Crippen LogP contribution in [0.2, 0.25) is 10.0 Å². The van der Waals surface area contributed by atoms with Gasteiger partial charge in [-0.1, -0.05) is 54.4 Å². The smallest absolute Gasteiger partial charge is 0.296 e. The minimum absolute atomic E-state index is 0.0791. The zero-order valence-electron chi connectivity index (χ0n) is 20.1. The normalized spacial score (nSPS) is 11.7. The number of phenolic OH excluding ortho intramolecular Hbond substituents is 1. The van der Waals surface area contributed by atoms with Crippen molar-refractivity contribution in [3.8, 4) is 11.5 Å². The quantitative estimate of drug-likeness (QED) is 0.156. The number of nitrogens with one attached hydrogen (secondary N) is 1. The number of aromatic hydroxyl groups is 1. The number of hydrogen-bond acceptors (Lipinski definition) is 7. The number of methoxy groups -OCH3 is 1. The minimum atomic E-state index is -4.70. The highest BCUT2D eigenvalue weighted by Crippen LogP contribution is 2.41. The van der Waals surface area contributed by atoms with E-state index in [-0.39, 0.29) is 27.6 Å². The predicted molar refractivity (Wildman–Crippen MR) is 146 cm³/mol. The van der Waals surface area contributed by atoms with Crippen LogP contribution in [0.25, 0.3) is 10.8 Å². The standard InChI is InChI=1S/C26H21Cl2N3O6S/c1-3-14-10-17(28)13-22(38(34,35)36)23(14)30-31-24-18-7-5-4-6-15(18)11-19(25(24)32)26(33)29-20-12-16(27)8-9-21(20)37-2/h4-13,32H,3H2,1-2H3,(H,29,33)(H,34,35,36). The van der Waals surface area contributed by atoms with Crippen LogP contribution in [0.3, 0.4) is 0 Å². The van der Waals surface area contributed by atoms with E-state index in [9.17, 15) is 22.9 Å². The third-order valence-electron chi connectivity index (χ3n) is 5.68. The van der Waals surface area contributed by atoms with Crippen molar-refractivity contribution in [2.24, 2.45) is 10.2 Å². The molecule has 0 saturated carbocycles. The lowest BCUT2D eigenvalue weighted by atomic mass is 10.0. The lowest BCUT2D eigenvalue weighted by Gasteiger charge is -2.13. The highest BCUT2D eigenvalue weighted by molar-refractivity contribution is 7.86. The molecule has 38 heavy (non-hydrogen) atoms. The van der Waals surface area contributed by atoms with E-state index in [0.29, 0.717) is 33.5 Å². The molecular formula is C26H21Cl2N3O6S. The summed E-state index contributed by atoms with van der Waals surface area (Å²) in [5, 5.41) is 23.5. The predicted octanol–water partition coefficient (Wildman–Crippen LogP) is 7.34. The molecule has 0 radical (unpaired) electrons. The van der Waals surface area contributed by atoms with Crippen LogP contribution in [-0.4, -0.2) is 31.1 Å². The number of rotatable bonds is 7. The molecule has 4 aromatic carbocycles. The Kier molecular flexibility index (Phi) is 7.89. The van der Waals surface area contributed by atoms with Crippen molar-refractivity contribution >= 4 is 67.1 Å². The van der Waals surface area contributed by atoms with Crippen LogP contribution < -0.4 is 10.1 Å². The van der Waals surface area contributed by atoms with Crippen molar-refractivity contribution in [3.05, 3.63) is 81.8 Å². The number of benzene rings is 4. The molecule has 0 bridgehead atoms. The monoisotopic (exact) mass is 573 g/mol. The molecule has 0 heterocycles. The Bertz CT molecular complexity index is 1710. The van der Waals surface area contributed by atoms with Gasteiger partial charge in [-0.15, -0.1) is 10.2 Å². The molecule has 9 nitrogen and oxygen atoms in total. The van der Waals surface area contributed by atoms with Gasteiger partial charge in [-0.05, 0) is 53.8 Å². The first kappa shape index (κ1) is 27.3. The Morgan fingerprint density at radius 3 is 2.39 bits per heavy atom. The number of anilines is 1. The van der Waals surface area contributed by atoms with Crippen LogP contribution in [0.4, 0.5) is 17.1 Å². The molecule has 0 unspecified atom stereocenters. The molecule has 0 aliphatic heterocycles. The highest BCUT2D eigenvalue weighted by Gasteiger charge is 2.22. The summed E-state index contributed by atoms with van der Waals surface area (Å²) >= 11 is 12.1. The molecule has 0 aliphatic carbocycles. The van der Waals surface area contributed by atoms with Gasteiger partial charge in [0.2, 0.25) is 0 Å². The second-order valence-corrected chi connectivity index (χ2v) is 10.3. The zero-order valence-corrected chi connectivity index (χ0v) is 22.4. The summed E-state index contributed by atoms with van der Waals surface area (Å²) < 4.78 is 39.1. The number of amides is 1. The van der Waals surface area contributed by atoms with Gasteiger partial charge < -0.3 is 15.2 Å². The number of carbonyl (C=O) groups excluding carboxylic acids is 1. The maximum absolute atomic E-state index is 13.2. The molecule has 12 heteroatoms. The average Bonchev–Trinajstić information content (AvgIpc) is 2.87. The molecule has 196 valence electrons. The number of aryl methyl sites for hydroxylation is 1. The number of halogens is 2. The number of fused-ring (bicyclic) bond motifs is 1. The van der Waals surface area contributed by atoms with Crippen LogP contribution >= 0.6 is 23.2 Å². The Balaban J connectivity index is 1.87. The molecular weight excluding hydrogens is 553 g/mol. The van der Waals surface area contributed by atoms with E-state index in [1.807, 2.05) is 0 Å². The van der Waals surface area contributed by atoms with Gasteiger partial charge in [0.05, 0.1) is 18.4 Å². The Hall–Kier alpha value is -3.70. The number of carbonyl (C=O) groups is 1. The lowest BCUT2D eigenvalue weighted by Crippen LogP contribution is -2.13. The molecule has 0 atom stereocenters. The van der Waals surface area contributed by atoms with Crippen LogP contribution in [0, 0.1) is 0 Å². The third-order valence-corrected chi connectivity index (χ3v) is 7.00. The van der Waals surface area contributed by atoms with Crippen molar-refractivity contribution in [1.82, 2.24) is 0 Å². The topological polar surface area (TPSA) is 138 Å². The van der Waals surface area contributed by atoms with Crippen molar-refractivity contribution in [3.63, 3.8) is 0 Å². The summed E-state index contributed by atoms with van der Waals surface area (Å²) in [6, 6.07) is 15.6. The van der Waals surface area contributed by atoms with Gasteiger partial charge in [-0.2, -0.15) is 8.42 Å². The maximum atomic E-state index is 13.2. The second kappa shape index (κ2) is 11.0. The molecule has 0 aliphatic rings. The third kappa shape index (κ3) is 5.58. The fraction of sp³-hybridized carbons (Fsp3) is 0.115. The summed E-state index contributed by atoms with van der Waals surface area (Å²) in [7, 11) is -3.26. The van der Waals surface area contributed by atoms with E-state index in [0.717, 1.165) is 6.07 Å². The van der Waals surface area contributed by atoms with Gasteiger partial charge in [0.1, 0.15) is 22.0 Å². The maximum Gasteiger partial charge on any atom is 0.296 e. The summed E-state index contributed by atoms with van der Waals surface area (Å²) in [4.78, 5) is 12.7. The average molecular weight is 574 g/mol. The molecule has 4 rings (SSSR count). The first-order chi connectivity index (χ1) is 18.0. The molecule has 3 N–H and O–H groups in total. The van der Waals surface area contributed by atoms with Crippen LogP contribution in [0.1, 0.15) is 22.8 Å². The van der Waals surface area contributed by atoms with Crippen LogP contribution in [0.15, 0.2) is 75.8 Å². The molecule has 0 aromatic heterocycles. The Morgan fingerprint density at radius 1 is 1.00 bits per heavy atom. The molecule has 0 saturated heterocycles.